The van der Waals surface area contributed by atoms with Crippen LogP contribution in [0.25, 0.3) is 0 Å². The molecule has 1 unspecified atom stereocenters. The standard InChI is InChI=1S/C11H19N3O4S/c1-19(17,18)14-4-2-3-10(14)11(16)13-7-5-12(9-15)6-8-13/h9-10H,2-8H2,1H3. The lowest BCUT2D eigenvalue weighted by Crippen LogP contribution is -2.54. The van der Waals surface area contributed by atoms with Crippen molar-refractivity contribution >= 4 is 22.3 Å². The summed E-state index contributed by atoms with van der Waals surface area (Å²) in [4.78, 5) is 26.3. The maximum absolute atomic E-state index is 12.4. The number of piperazine rings is 1. The lowest BCUT2D eigenvalue weighted by Gasteiger charge is -2.35. The number of hydrogen-bond donors (Lipinski definition) is 0. The van der Waals surface area contributed by atoms with E-state index in [4.69, 9.17) is 0 Å². The summed E-state index contributed by atoms with van der Waals surface area (Å²) < 4.78 is 24.6. The lowest BCUT2D eigenvalue weighted by atomic mass is 10.2. The average molecular weight is 289 g/mol. The van der Waals surface area contributed by atoms with E-state index in [1.807, 2.05) is 0 Å². The lowest BCUT2D eigenvalue weighted by molar-refractivity contribution is -0.138. The van der Waals surface area contributed by atoms with E-state index in [9.17, 15) is 18.0 Å². The summed E-state index contributed by atoms with van der Waals surface area (Å²) >= 11 is 0. The molecule has 0 spiro atoms. The van der Waals surface area contributed by atoms with E-state index >= 15 is 0 Å². The fourth-order valence-electron chi connectivity index (χ4n) is 2.64. The van der Waals surface area contributed by atoms with Gasteiger partial charge in [-0.1, -0.05) is 0 Å². The Morgan fingerprint density at radius 1 is 1.16 bits per heavy atom. The maximum Gasteiger partial charge on any atom is 0.241 e. The Morgan fingerprint density at radius 2 is 1.79 bits per heavy atom. The third kappa shape index (κ3) is 3.06. The molecule has 0 saturated carbocycles. The molecule has 2 aliphatic rings. The molecule has 2 saturated heterocycles. The number of rotatable bonds is 3. The van der Waals surface area contributed by atoms with E-state index in [0.29, 0.717) is 39.1 Å². The quantitative estimate of drug-likeness (QED) is 0.606. The Kier molecular flexibility index (Phi) is 4.10. The van der Waals surface area contributed by atoms with E-state index in [1.165, 1.54) is 4.31 Å². The summed E-state index contributed by atoms with van der Waals surface area (Å²) in [5, 5.41) is 0. The summed E-state index contributed by atoms with van der Waals surface area (Å²) in [6, 6.07) is -0.558. The van der Waals surface area contributed by atoms with Gasteiger partial charge in [-0.15, -0.1) is 0 Å². The molecule has 2 aliphatic heterocycles. The molecule has 0 radical (unpaired) electrons. The highest BCUT2D eigenvalue weighted by atomic mass is 32.2. The van der Waals surface area contributed by atoms with Gasteiger partial charge < -0.3 is 9.80 Å². The third-order valence-corrected chi connectivity index (χ3v) is 4.98. The monoisotopic (exact) mass is 289 g/mol. The van der Waals surface area contributed by atoms with Crippen molar-refractivity contribution in [3.63, 3.8) is 0 Å². The van der Waals surface area contributed by atoms with Gasteiger partial charge in [0.1, 0.15) is 6.04 Å². The molecule has 2 fully saturated rings. The molecular weight excluding hydrogens is 270 g/mol. The van der Waals surface area contributed by atoms with E-state index in [0.717, 1.165) is 19.1 Å². The fourth-order valence-corrected chi connectivity index (χ4v) is 3.76. The molecular formula is C11H19N3O4S. The van der Waals surface area contributed by atoms with Gasteiger partial charge in [0.05, 0.1) is 6.26 Å². The molecule has 2 heterocycles. The average Bonchev–Trinajstić information content (AvgIpc) is 2.87. The van der Waals surface area contributed by atoms with Gasteiger partial charge >= 0.3 is 0 Å². The van der Waals surface area contributed by atoms with Crippen LogP contribution in [0.3, 0.4) is 0 Å². The van der Waals surface area contributed by atoms with Crippen LogP contribution in [0.2, 0.25) is 0 Å². The molecule has 2 rings (SSSR count). The van der Waals surface area contributed by atoms with Crippen LogP contribution in [0.5, 0.6) is 0 Å². The predicted molar refractivity (Wildman–Crippen MR) is 68.8 cm³/mol. The Bertz CT molecular complexity index is 457. The van der Waals surface area contributed by atoms with Crippen LogP contribution in [0.4, 0.5) is 0 Å². The third-order valence-electron chi connectivity index (χ3n) is 3.69. The number of nitrogens with zero attached hydrogens (tertiary/aromatic N) is 3. The Morgan fingerprint density at radius 3 is 2.32 bits per heavy atom. The molecule has 0 bridgehead atoms. The number of sulfonamides is 1. The van der Waals surface area contributed by atoms with Gasteiger partial charge in [0, 0.05) is 32.7 Å². The first-order valence-corrected chi connectivity index (χ1v) is 8.23. The molecule has 0 aromatic rings. The zero-order chi connectivity index (χ0) is 14.0. The molecule has 0 aromatic heterocycles. The second kappa shape index (κ2) is 5.46. The maximum atomic E-state index is 12.4. The topological polar surface area (TPSA) is 78.0 Å². The number of carbonyl (C=O) groups excluding carboxylic acids is 2. The Labute approximate surface area is 113 Å². The summed E-state index contributed by atoms with van der Waals surface area (Å²) in [6.07, 6.45) is 3.22. The largest absolute Gasteiger partial charge is 0.342 e. The van der Waals surface area contributed by atoms with Gasteiger partial charge in [-0.2, -0.15) is 4.31 Å². The van der Waals surface area contributed by atoms with Crippen molar-refractivity contribution < 1.29 is 18.0 Å². The highest BCUT2D eigenvalue weighted by Crippen LogP contribution is 2.22. The zero-order valence-electron chi connectivity index (χ0n) is 11.0. The van der Waals surface area contributed by atoms with Crippen molar-refractivity contribution in [1.29, 1.82) is 0 Å². The molecule has 108 valence electrons. The molecule has 19 heavy (non-hydrogen) atoms. The minimum Gasteiger partial charge on any atom is -0.342 e. The SMILES string of the molecule is CS(=O)(=O)N1CCCC1C(=O)N1CCN(C=O)CC1. The van der Waals surface area contributed by atoms with Gasteiger partial charge in [-0.25, -0.2) is 8.42 Å². The van der Waals surface area contributed by atoms with E-state index in [1.54, 1.807) is 9.80 Å². The van der Waals surface area contributed by atoms with Crippen molar-refractivity contribution in [2.75, 3.05) is 39.0 Å². The van der Waals surface area contributed by atoms with Crippen LogP contribution in [-0.2, 0) is 19.6 Å². The smallest absolute Gasteiger partial charge is 0.241 e. The molecule has 2 amide bonds. The van der Waals surface area contributed by atoms with Gasteiger partial charge in [0.25, 0.3) is 0 Å². The predicted octanol–water partition coefficient (Wildman–Crippen LogP) is -1.29. The summed E-state index contributed by atoms with van der Waals surface area (Å²) in [7, 11) is -3.33. The minimum absolute atomic E-state index is 0.131. The van der Waals surface area contributed by atoms with Crippen LogP contribution in [0.1, 0.15) is 12.8 Å². The van der Waals surface area contributed by atoms with Crippen LogP contribution < -0.4 is 0 Å². The van der Waals surface area contributed by atoms with Crippen LogP contribution in [-0.4, -0.2) is 79.9 Å². The van der Waals surface area contributed by atoms with Gasteiger partial charge in [-0.05, 0) is 12.8 Å². The van der Waals surface area contributed by atoms with E-state index < -0.39 is 16.1 Å². The van der Waals surface area contributed by atoms with Crippen LogP contribution in [0.15, 0.2) is 0 Å². The van der Waals surface area contributed by atoms with Crippen LogP contribution in [0, 0.1) is 0 Å². The number of carbonyl (C=O) groups is 2. The second-order valence-corrected chi connectivity index (χ2v) is 6.93. The van der Waals surface area contributed by atoms with Crippen molar-refractivity contribution in [3.05, 3.63) is 0 Å². The highest BCUT2D eigenvalue weighted by molar-refractivity contribution is 7.88. The van der Waals surface area contributed by atoms with Crippen LogP contribution >= 0.6 is 0 Å². The molecule has 0 aromatic carbocycles. The molecule has 0 aliphatic carbocycles. The van der Waals surface area contributed by atoms with Crippen molar-refractivity contribution in [2.45, 2.75) is 18.9 Å². The summed E-state index contributed by atoms with van der Waals surface area (Å²) in [5.41, 5.74) is 0. The minimum atomic E-state index is -3.33. The molecule has 1 atom stereocenters. The number of amides is 2. The van der Waals surface area contributed by atoms with Gasteiger partial charge in [-0.3, -0.25) is 9.59 Å². The zero-order valence-corrected chi connectivity index (χ0v) is 11.8. The van der Waals surface area contributed by atoms with Crippen molar-refractivity contribution in [3.8, 4) is 0 Å². The second-order valence-electron chi connectivity index (χ2n) is 5.00. The Hall–Kier alpha value is -1.15. The summed E-state index contributed by atoms with van der Waals surface area (Å²) in [6.45, 7) is 2.41. The first-order valence-electron chi connectivity index (χ1n) is 6.38. The molecule has 8 heteroatoms. The van der Waals surface area contributed by atoms with Crippen molar-refractivity contribution in [2.24, 2.45) is 0 Å². The van der Waals surface area contributed by atoms with Gasteiger partial charge in [0.2, 0.25) is 22.3 Å². The first kappa shape index (κ1) is 14.3. The molecule has 0 N–H and O–H groups in total. The Balaban J connectivity index is 2.02. The number of hydrogen-bond acceptors (Lipinski definition) is 4. The fraction of sp³-hybridized carbons (Fsp3) is 0.818. The van der Waals surface area contributed by atoms with Gasteiger partial charge in [0.15, 0.2) is 0 Å². The van der Waals surface area contributed by atoms with E-state index in [-0.39, 0.29) is 5.91 Å². The summed E-state index contributed by atoms with van der Waals surface area (Å²) in [5.74, 6) is -0.131. The normalized spacial score (nSPS) is 25.6. The molecule has 7 nitrogen and oxygen atoms in total. The highest BCUT2D eigenvalue weighted by Gasteiger charge is 2.39. The van der Waals surface area contributed by atoms with E-state index in [2.05, 4.69) is 0 Å². The van der Waals surface area contributed by atoms with Crippen molar-refractivity contribution in [1.82, 2.24) is 14.1 Å². The first-order chi connectivity index (χ1) is 8.93.